The highest BCUT2D eigenvalue weighted by Gasteiger charge is 2.32. The first-order valence-electron chi connectivity index (χ1n) is 16.6. The molecule has 0 fully saturated rings. The van der Waals surface area contributed by atoms with Gasteiger partial charge in [-0.3, -0.25) is 0 Å². The molecule has 0 aliphatic heterocycles. The van der Waals surface area contributed by atoms with Crippen molar-refractivity contribution in [2.45, 2.75) is 47.1 Å². The molecule has 0 N–H and O–H groups in total. The lowest BCUT2D eigenvalue weighted by atomic mass is 10.1. The van der Waals surface area contributed by atoms with Crippen LogP contribution in [-0.4, -0.2) is 15.0 Å². The zero-order valence-electron chi connectivity index (χ0n) is 28.3. The van der Waals surface area contributed by atoms with Crippen molar-refractivity contribution in [1.82, 2.24) is 15.0 Å². The maximum absolute atomic E-state index is 5.06. The number of benzene rings is 5. The molecule has 0 saturated heterocycles. The Morgan fingerprint density at radius 1 is 0.583 bits per heavy atom. The second kappa shape index (κ2) is 14.0. The molecular formula is C43H41N3P2. The molecule has 0 bridgehead atoms. The van der Waals surface area contributed by atoms with E-state index in [1.54, 1.807) is 0 Å². The van der Waals surface area contributed by atoms with Crippen molar-refractivity contribution in [1.29, 1.82) is 0 Å². The van der Waals surface area contributed by atoms with Crippen LogP contribution in [0.2, 0.25) is 0 Å². The summed E-state index contributed by atoms with van der Waals surface area (Å²) in [6.45, 7) is 11.1. The molecule has 0 amide bonds. The third-order valence-electron chi connectivity index (χ3n) is 8.92. The number of nitrogens with zero attached hydrogens (tertiary/aromatic N) is 3. The van der Waals surface area contributed by atoms with E-state index in [0.29, 0.717) is 0 Å². The highest BCUT2D eigenvalue weighted by atomic mass is 31.1. The van der Waals surface area contributed by atoms with E-state index in [1.165, 1.54) is 59.8 Å². The van der Waals surface area contributed by atoms with Gasteiger partial charge in [-0.1, -0.05) is 167 Å². The van der Waals surface area contributed by atoms with E-state index in [-0.39, 0.29) is 6.04 Å². The summed E-state index contributed by atoms with van der Waals surface area (Å²) in [7, 11) is -1.73. The van der Waals surface area contributed by atoms with Gasteiger partial charge in [0, 0.05) is 13.5 Å². The van der Waals surface area contributed by atoms with E-state index in [4.69, 9.17) is 10.3 Å². The van der Waals surface area contributed by atoms with Crippen LogP contribution in [0.1, 0.15) is 41.6 Å². The molecule has 7 rings (SSSR count). The monoisotopic (exact) mass is 661 g/mol. The number of rotatable bonds is 9. The Balaban J connectivity index is 1.47. The lowest BCUT2D eigenvalue weighted by Gasteiger charge is -2.27. The SMILES string of the molecule is Cc1cc(C)cc(P(c2cc(C)cc(C)c2)c2c(-c3ccccc3)nnn2[C@@H](C)C2=C(P(c3ccccc3)c3ccccc3)CC=C2)c1. The van der Waals surface area contributed by atoms with Gasteiger partial charge in [-0.2, -0.15) is 0 Å². The maximum Gasteiger partial charge on any atom is 0.121 e. The fourth-order valence-corrected chi connectivity index (χ4v) is 12.5. The standard InChI is InChI=1S/C43H41N3P2/c1-30-24-31(2)27-38(26-30)48(39-28-32(3)25-33(4)29-39)43-42(35-16-9-6-10-17-35)44-45-46(43)34(5)40-22-15-23-41(40)47(36-18-11-7-12-19-36)37-20-13-8-14-21-37/h6-22,24-29,34H,23H2,1-5H3/t34-/m0/s1. The Labute approximate surface area is 287 Å². The second-order valence-corrected chi connectivity index (χ2v) is 17.2. The third-order valence-corrected chi connectivity index (χ3v) is 13.9. The first-order valence-corrected chi connectivity index (χ1v) is 19.3. The van der Waals surface area contributed by atoms with E-state index < -0.39 is 15.8 Å². The first kappa shape index (κ1) is 32.1. The topological polar surface area (TPSA) is 30.7 Å². The Morgan fingerprint density at radius 3 is 1.56 bits per heavy atom. The van der Waals surface area contributed by atoms with Gasteiger partial charge < -0.3 is 0 Å². The molecule has 5 aromatic carbocycles. The van der Waals surface area contributed by atoms with E-state index in [1.807, 2.05) is 0 Å². The number of allylic oxidation sites excluding steroid dienone is 4. The smallest absolute Gasteiger partial charge is 0.121 e. The third kappa shape index (κ3) is 6.51. The van der Waals surface area contributed by atoms with Crippen LogP contribution < -0.4 is 26.7 Å². The number of aryl methyl sites for hydroxylation is 4. The van der Waals surface area contributed by atoms with Crippen LogP contribution in [-0.2, 0) is 0 Å². The predicted octanol–water partition coefficient (Wildman–Crippen LogP) is 8.84. The molecule has 5 heteroatoms. The van der Waals surface area contributed by atoms with Crippen LogP contribution in [0.15, 0.2) is 150 Å². The summed E-state index contributed by atoms with van der Waals surface area (Å²) in [5, 5.41) is 17.0. The molecule has 0 unspecified atom stereocenters. The minimum Gasteiger partial charge on any atom is -0.236 e. The Kier molecular flexibility index (Phi) is 9.36. The lowest BCUT2D eigenvalue weighted by Crippen LogP contribution is -2.31. The quantitative estimate of drug-likeness (QED) is 0.145. The van der Waals surface area contributed by atoms with Crippen molar-refractivity contribution in [2.75, 3.05) is 0 Å². The van der Waals surface area contributed by atoms with Crippen molar-refractivity contribution < 1.29 is 0 Å². The summed E-state index contributed by atoms with van der Waals surface area (Å²) < 4.78 is 2.26. The molecular weight excluding hydrogens is 620 g/mol. The molecule has 3 nitrogen and oxygen atoms in total. The summed E-state index contributed by atoms with van der Waals surface area (Å²) in [5.74, 6) is 0. The molecule has 1 aliphatic rings. The van der Waals surface area contributed by atoms with Gasteiger partial charge in [0.15, 0.2) is 0 Å². The van der Waals surface area contributed by atoms with Gasteiger partial charge in [0.1, 0.15) is 5.69 Å². The van der Waals surface area contributed by atoms with Gasteiger partial charge in [0.05, 0.1) is 11.5 Å². The Bertz CT molecular complexity index is 1980. The van der Waals surface area contributed by atoms with Gasteiger partial charge in [-0.25, -0.2) is 4.68 Å². The van der Waals surface area contributed by atoms with Crippen LogP contribution >= 0.6 is 15.8 Å². The van der Waals surface area contributed by atoms with Crippen molar-refractivity contribution in [3.8, 4) is 11.3 Å². The number of aromatic nitrogens is 3. The van der Waals surface area contributed by atoms with Crippen molar-refractivity contribution >= 4 is 42.5 Å². The predicted molar refractivity (Wildman–Crippen MR) is 208 cm³/mol. The molecule has 1 heterocycles. The largest absolute Gasteiger partial charge is 0.236 e. The van der Waals surface area contributed by atoms with Crippen molar-refractivity contribution in [3.05, 3.63) is 173 Å². The highest BCUT2D eigenvalue weighted by molar-refractivity contribution is 7.80. The molecule has 6 aromatic rings. The van der Waals surface area contributed by atoms with E-state index in [0.717, 1.165) is 17.7 Å². The normalized spacial score (nSPS) is 13.6. The second-order valence-electron chi connectivity index (χ2n) is 12.8. The zero-order chi connectivity index (χ0) is 33.2. The Hall–Kier alpha value is -4.42. The molecule has 48 heavy (non-hydrogen) atoms. The molecule has 238 valence electrons. The Morgan fingerprint density at radius 2 is 1.06 bits per heavy atom. The number of hydrogen-bond acceptors (Lipinski definition) is 2. The minimum atomic E-state index is -1.01. The van der Waals surface area contributed by atoms with E-state index >= 15 is 0 Å². The molecule has 1 aromatic heterocycles. The van der Waals surface area contributed by atoms with Gasteiger partial charge in [0.2, 0.25) is 0 Å². The van der Waals surface area contributed by atoms with E-state index in [9.17, 15) is 0 Å². The van der Waals surface area contributed by atoms with E-state index in [2.05, 4.69) is 179 Å². The van der Waals surface area contributed by atoms with Crippen LogP contribution in [0.3, 0.4) is 0 Å². The summed E-state index contributed by atoms with van der Waals surface area (Å²) in [6, 6.07) is 46.7. The molecule has 0 radical (unpaired) electrons. The minimum absolute atomic E-state index is 0.0158. The van der Waals surface area contributed by atoms with Crippen LogP contribution in [0, 0.1) is 27.7 Å². The fraction of sp³-hybridized carbons (Fsp3) is 0.163. The number of hydrogen-bond donors (Lipinski definition) is 0. The van der Waals surface area contributed by atoms with Gasteiger partial charge in [-0.05, 0) is 81.1 Å². The molecule has 0 saturated carbocycles. The van der Waals surface area contributed by atoms with Crippen LogP contribution in [0.4, 0.5) is 0 Å². The fourth-order valence-electron chi connectivity index (χ4n) is 6.95. The first-order chi connectivity index (χ1) is 23.4. The highest BCUT2D eigenvalue weighted by Crippen LogP contribution is 2.51. The summed E-state index contributed by atoms with van der Waals surface area (Å²) in [4.78, 5) is 0. The summed E-state index contributed by atoms with van der Waals surface area (Å²) >= 11 is 0. The van der Waals surface area contributed by atoms with Crippen LogP contribution in [0.5, 0.6) is 0 Å². The van der Waals surface area contributed by atoms with Gasteiger partial charge in [-0.15, -0.1) is 5.10 Å². The maximum atomic E-state index is 5.06. The molecule has 0 spiro atoms. The zero-order valence-corrected chi connectivity index (χ0v) is 30.1. The lowest BCUT2D eigenvalue weighted by molar-refractivity contribution is 0.554. The molecule has 1 atom stereocenters. The van der Waals surface area contributed by atoms with Crippen LogP contribution in [0.25, 0.3) is 11.3 Å². The average molecular weight is 662 g/mol. The molecule has 1 aliphatic carbocycles. The summed E-state index contributed by atoms with van der Waals surface area (Å²) in [6.07, 6.45) is 5.63. The van der Waals surface area contributed by atoms with Crippen molar-refractivity contribution in [3.63, 3.8) is 0 Å². The van der Waals surface area contributed by atoms with Gasteiger partial charge >= 0.3 is 0 Å². The summed E-state index contributed by atoms with van der Waals surface area (Å²) in [5.41, 5.74) is 9.68. The van der Waals surface area contributed by atoms with Gasteiger partial charge in [0.25, 0.3) is 0 Å². The average Bonchev–Trinajstić information content (AvgIpc) is 3.74. The van der Waals surface area contributed by atoms with Crippen molar-refractivity contribution in [2.24, 2.45) is 0 Å².